The van der Waals surface area contributed by atoms with Crippen molar-refractivity contribution in [3.8, 4) is 23.1 Å². The number of hydrogen-bond donors (Lipinski definition) is 3. The van der Waals surface area contributed by atoms with Crippen LogP contribution in [0.25, 0.3) is 11.3 Å². The Morgan fingerprint density at radius 1 is 1.03 bits per heavy atom. The van der Waals surface area contributed by atoms with Crippen LogP contribution in [-0.4, -0.2) is 52.6 Å². The van der Waals surface area contributed by atoms with Crippen molar-refractivity contribution in [3.05, 3.63) is 60.4 Å². The first-order valence-corrected chi connectivity index (χ1v) is 13.1. The minimum Gasteiger partial charge on any atom is -0.396 e. The van der Waals surface area contributed by atoms with Crippen LogP contribution in [0.3, 0.4) is 0 Å². The molecule has 0 aliphatic carbocycles. The van der Waals surface area contributed by atoms with Crippen molar-refractivity contribution in [1.29, 1.82) is 0 Å². The van der Waals surface area contributed by atoms with Crippen molar-refractivity contribution >= 4 is 25.8 Å². The average Bonchev–Trinajstić information content (AvgIpc) is 2.88. The third-order valence-electron chi connectivity index (χ3n) is 4.67. The van der Waals surface area contributed by atoms with Gasteiger partial charge in [-0.1, -0.05) is 17.9 Å². The standard InChI is InChI=1S/C26H32N5O3P/c1-3-33-35(34-4-2)18-6-5-9-21-10-7-11-23(19-21)30-26-29-16-13-24(31-26)22-12-15-28-25(20-22)27-14-8-17-32/h7,10-13,15-16,19-20,32H,3-4,6,8,14,17-18H2,1-2H3,(H,27,28)(H,29,30,31). The Bertz CT molecular complexity index is 1110. The van der Waals surface area contributed by atoms with Gasteiger partial charge in [0, 0.05) is 54.9 Å². The van der Waals surface area contributed by atoms with Crippen LogP contribution in [0.4, 0.5) is 17.5 Å². The SMILES string of the molecule is CCOP(CCC#Cc1cccc(Nc2nccc(-c3ccnc(NCCCO)c3)n2)c1)OCC. The predicted molar refractivity (Wildman–Crippen MR) is 142 cm³/mol. The molecule has 0 aliphatic rings. The van der Waals surface area contributed by atoms with Gasteiger partial charge in [0.25, 0.3) is 0 Å². The summed E-state index contributed by atoms with van der Waals surface area (Å²) in [6, 6.07) is 13.6. The number of rotatable bonds is 13. The summed E-state index contributed by atoms with van der Waals surface area (Å²) in [5, 5.41) is 15.4. The number of anilines is 3. The molecule has 0 unspecified atom stereocenters. The van der Waals surface area contributed by atoms with Crippen molar-refractivity contribution in [1.82, 2.24) is 15.0 Å². The van der Waals surface area contributed by atoms with Gasteiger partial charge in [-0.15, -0.1) is 0 Å². The minimum absolute atomic E-state index is 0.142. The van der Waals surface area contributed by atoms with E-state index in [0.717, 1.165) is 40.9 Å². The molecule has 0 bridgehead atoms. The van der Waals surface area contributed by atoms with E-state index in [9.17, 15) is 0 Å². The van der Waals surface area contributed by atoms with Crippen LogP contribution in [0, 0.1) is 11.8 Å². The maximum absolute atomic E-state index is 8.96. The summed E-state index contributed by atoms with van der Waals surface area (Å²) in [7, 11) is -0.859. The van der Waals surface area contributed by atoms with E-state index in [0.29, 0.717) is 32.1 Å². The number of pyridine rings is 1. The molecule has 0 saturated heterocycles. The lowest BCUT2D eigenvalue weighted by molar-refractivity contribution is 0.270. The average molecular weight is 494 g/mol. The molecular weight excluding hydrogens is 461 g/mol. The van der Waals surface area contributed by atoms with E-state index in [-0.39, 0.29) is 6.61 Å². The van der Waals surface area contributed by atoms with Gasteiger partial charge >= 0.3 is 0 Å². The molecule has 0 fully saturated rings. The molecule has 0 aliphatic heterocycles. The molecule has 0 radical (unpaired) electrons. The van der Waals surface area contributed by atoms with Crippen molar-refractivity contribution in [2.75, 3.05) is 43.2 Å². The van der Waals surface area contributed by atoms with Gasteiger partial charge in [0.05, 0.1) is 18.9 Å². The molecule has 1 aromatic carbocycles. The van der Waals surface area contributed by atoms with E-state index < -0.39 is 8.38 Å². The number of benzene rings is 1. The van der Waals surface area contributed by atoms with E-state index in [4.69, 9.17) is 14.2 Å². The van der Waals surface area contributed by atoms with Gasteiger partial charge in [-0.05, 0) is 56.7 Å². The lowest BCUT2D eigenvalue weighted by Gasteiger charge is -2.13. The largest absolute Gasteiger partial charge is 0.396 e. The second-order valence-electron chi connectivity index (χ2n) is 7.35. The van der Waals surface area contributed by atoms with Gasteiger partial charge in [0.1, 0.15) is 5.82 Å². The van der Waals surface area contributed by atoms with Gasteiger partial charge < -0.3 is 24.8 Å². The van der Waals surface area contributed by atoms with E-state index >= 15 is 0 Å². The number of aromatic nitrogens is 3. The number of aliphatic hydroxyl groups excluding tert-OH is 1. The zero-order valence-electron chi connectivity index (χ0n) is 20.2. The zero-order chi connectivity index (χ0) is 24.7. The van der Waals surface area contributed by atoms with Crippen LogP contribution < -0.4 is 10.6 Å². The first-order valence-electron chi connectivity index (χ1n) is 11.7. The predicted octanol–water partition coefficient (Wildman–Crippen LogP) is 5.20. The molecular formula is C26H32N5O3P. The quantitative estimate of drug-likeness (QED) is 0.170. The monoisotopic (exact) mass is 493 g/mol. The van der Waals surface area contributed by atoms with Gasteiger partial charge in [0.2, 0.25) is 5.95 Å². The molecule has 35 heavy (non-hydrogen) atoms. The van der Waals surface area contributed by atoms with E-state index in [1.54, 1.807) is 12.4 Å². The highest BCUT2D eigenvalue weighted by atomic mass is 31.2. The second kappa shape index (κ2) is 15.0. The topological polar surface area (TPSA) is 101 Å². The van der Waals surface area contributed by atoms with Crippen molar-refractivity contribution in [3.63, 3.8) is 0 Å². The summed E-state index contributed by atoms with van der Waals surface area (Å²) in [5.41, 5.74) is 3.48. The molecule has 0 saturated carbocycles. The molecule has 0 amide bonds. The van der Waals surface area contributed by atoms with Crippen LogP contribution in [0.1, 0.15) is 32.3 Å². The summed E-state index contributed by atoms with van der Waals surface area (Å²) in [5.74, 6) is 7.67. The second-order valence-corrected chi connectivity index (χ2v) is 8.98. The van der Waals surface area contributed by atoms with Gasteiger partial charge in [-0.3, -0.25) is 0 Å². The van der Waals surface area contributed by atoms with Crippen molar-refractivity contribution in [2.24, 2.45) is 0 Å². The van der Waals surface area contributed by atoms with E-state index in [1.807, 2.05) is 56.3 Å². The summed E-state index contributed by atoms with van der Waals surface area (Å²) < 4.78 is 11.3. The lowest BCUT2D eigenvalue weighted by atomic mass is 10.2. The third-order valence-corrected chi connectivity index (χ3v) is 6.35. The van der Waals surface area contributed by atoms with E-state index in [2.05, 4.69) is 37.4 Å². The highest BCUT2D eigenvalue weighted by Gasteiger charge is 2.07. The van der Waals surface area contributed by atoms with Crippen molar-refractivity contribution in [2.45, 2.75) is 26.7 Å². The molecule has 2 heterocycles. The number of nitrogens with zero attached hydrogens (tertiary/aromatic N) is 3. The smallest absolute Gasteiger partial charge is 0.227 e. The maximum atomic E-state index is 8.96. The summed E-state index contributed by atoms with van der Waals surface area (Å²) in [6.45, 7) is 6.06. The molecule has 184 valence electrons. The normalized spacial score (nSPS) is 10.6. The highest BCUT2D eigenvalue weighted by molar-refractivity contribution is 7.47. The molecule has 2 aromatic heterocycles. The van der Waals surface area contributed by atoms with Gasteiger partial charge in [0.15, 0.2) is 8.38 Å². The maximum Gasteiger partial charge on any atom is 0.227 e. The van der Waals surface area contributed by atoms with Crippen LogP contribution in [0.15, 0.2) is 54.9 Å². The molecule has 8 nitrogen and oxygen atoms in total. The summed E-state index contributed by atoms with van der Waals surface area (Å²) in [6.07, 6.45) is 5.65. The summed E-state index contributed by atoms with van der Waals surface area (Å²) in [4.78, 5) is 13.3. The Labute approximate surface area is 208 Å². The van der Waals surface area contributed by atoms with Gasteiger partial charge in [-0.25, -0.2) is 15.0 Å². The fraction of sp³-hybridized carbons (Fsp3) is 0.346. The van der Waals surface area contributed by atoms with Crippen LogP contribution in [-0.2, 0) is 9.05 Å². The Kier molecular flexibility index (Phi) is 11.4. The molecule has 3 N–H and O–H groups in total. The minimum atomic E-state index is -0.859. The Morgan fingerprint density at radius 2 is 1.86 bits per heavy atom. The van der Waals surface area contributed by atoms with E-state index in [1.165, 1.54) is 0 Å². The Morgan fingerprint density at radius 3 is 2.66 bits per heavy atom. The number of nitrogens with one attached hydrogen (secondary N) is 2. The molecule has 0 spiro atoms. The molecule has 0 atom stereocenters. The number of hydrogen-bond acceptors (Lipinski definition) is 8. The van der Waals surface area contributed by atoms with Gasteiger partial charge in [-0.2, -0.15) is 0 Å². The summed E-state index contributed by atoms with van der Waals surface area (Å²) >= 11 is 0. The fourth-order valence-corrected chi connectivity index (χ4v) is 4.33. The van der Waals surface area contributed by atoms with Crippen LogP contribution >= 0.6 is 8.38 Å². The van der Waals surface area contributed by atoms with Crippen molar-refractivity contribution < 1.29 is 14.2 Å². The molecule has 9 heteroatoms. The third kappa shape index (κ3) is 9.23. The van der Waals surface area contributed by atoms with Crippen LogP contribution in [0.2, 0.25) is 0 Å². The highest BCUT2D eigenvalue weighted by Crippen LogP contribution is 2.38. The lowest BCUT2D eigenvalue weighted by Crippen LogP contribution is -2.05. The van der Waals surface area contributed by atoms with Crippen LogP contribution in [0.5, 0.6) is 0 Å². The zero-order valence-corrected chi connectivity index (χ0v) is 21.1. The first kappa shape index (κ1) is 26.5. The molecule has 3 aromatic rings. The Balaban J connectivity index is 1.63. The molecule has 3 rings (SSSR count). The fourth-order valence-electron chi connectivity index (χ4n) is 3.13. The number of aliphatic hydroxyl groups is 1. The first-order chi connectivity index (χ1) is 17.2. The Hall–Kier alpha value is -3.08.